The molecule has 49 valence electrons. The van der Waals surface area contributed by atoms with Crippen LogP contribution in [0.15, 0.2) is 0 Å². The van der Waals surface area contributed by atoms with E-state index in [1.165, 1.54) is 6.92 Å². The summed E-state index contributed by atoms with van der Waals surface area (Å²) >= 11 is 0. The van der Waals surface area contributed by atoms with Crippen LogP contribution in [-0.4, -0.2) is 6.17 Å². The molecule has 3 heteroatoms. The van der Waals surface area contributed by atoms with Crippen LogP contribution in [0.1, 0.15) is 19.8 Å². The summed E-state index contributed by atoms with van der Waals surface area (Å²) < 4.78 is 34.0. The molecule has 0 aromatic carbocycles. The summed E-state index contributed by atoms with van der Waals surface area (Å²) in [5.41, 5.74) is 0. The van der Waals surface area contributed by atoms with Gasteiger partial charge >= 0.3 is 6.43 Å². The first-order valence-corrected chi connectivity index (χ1v) is 2.44. The van der Waals surface area contributed by atoms with Gasteiger partial charge in [0.1, 0.15) is 0 Å². The summed E-state index contributed by atoms with van der Waals surface area (Å²) in [5, 5.41) is 0. The van der Waals surface area contributed by atoms with E-state index >= 15 is 0 Å². The second-order valence-corrected chi connectivity index (χ2v) is 1.66. The highest BCUT2D eigenvalue weighted by Gasteiger charge is 2.06. The van der Waals surface area contributed by atoms with E-state index in [0.29, 0.717) is 0 Å². The fourth-order valence-corrected chi connectivity index (χ4v) is 0.308. The standard InChI is InChI=1S/C5H8F3/c1-4(6)2-3-5(7)8/h4H,2-3H2,1H3. The molecule has 0 aromatic heterocycles. The van der Waals surface area contributed by atoms with Crippen molar-refractivity contribution in [1.82, 2.24) is 0 Å². The van der Waals surface area contributed by atoms with Gasteiger partial charge < -0.3 is 0 Å². The zero-order valence-corrected chi connectivity index (χ0v) is 4.63. The van der Waals surface area contributed by atoms with Gasteiger partial charge in [0.05, 0.1) is 6.17 Å². The van der Waals surface area contributed by atoms with Gasteiger partial charge in [0.2, 0.25) is 0 Å². The van der Waals surface area contributed by atoms with Crippen LogP contribution in [0.2, 0.25) is 0 Å². The lowest BCUT2D eigenvalue weighted by atomic mass is 10.2. The summed E-state index contributed by atoms with van der Waals surface area (Å²) in [7, 11) is 0. The predicted molar refractivity (Wildman–Crippen MR) is 25.3 cm³/mol. The van der Waals surface area contributed by atoms with Gasteiger partial charge in [0.15, 0.2) is 0 Å². The second-order valence-electron chi connectivity index (χ2n) is 1.66. The van der Waals surface area contributed by atoms with Crippen LogP contribution in [0, 0.1) is 6.43 Å². The van der Waals surface area contributed by atoms with Crippen molar-refractivity contribution in [3.63, 3.8) is 0 Å². The van der Waals surface area contributed by atoms with Gasteiger partial charge in [0.25, 0.3) is 0 Å². The van der Waals surface area contributed by atoms with Crippen molar-refractivity contribution in [2.75, 3.05) is 0 Å². The highest BCUT2D eigenvalue weighted by Crippen LogP contribution is 2.13. The molecule has 1 atom stereocenters. The monoisotopic (exact) mass is 125 g/mol. The van der Waals surface area contributed by atoms with Crippen molar-refractivity contribution in [2.24, 2.45) is 0 Å². The van der Waals surface area contributed by atoms with Gasteiger partial charge in [-0.1, -0.05) is 0 Å². The molecule has 1 radical (unpaired) electrons. The van der Waals surface area contributed by atoms with E-state index in [2.05, 4.69) is 0 Å². The summed E-state index contributed by atoms with van der Waals surface area (Å²) in [5.74, 6) is 0. The Labute approximate surface area is 46.7 Å². The Balaban J connectivity index is 2.93. The molecule has 0 aliphatic carbocycles. The number of halogens is 3. The predicted octanol–water partition coefficient (Wildman–Crippen LogP) is 2.55. The van der Waals surface area contributed by atoms with E-state index in [-0.39, 0.29) is 6.42 Å². The van der Waals surface area contributed by atoms with Gasteiger partial charge in [-0.05, 0) is 13.3 Å². The Morgan fingerprint density at radius 3 is 2.12 bits per heavy atom. The quantitative estimate of drug-likeness (QED) is 0.543. The third-order valence-corrected chi connectivity index (χ3v) is 0.731. The van der Waals surface area contributed by atoms with Crippen LogP contribution >= 0.6 is 0 Å². The van der Waals surface area contributed by atoms with Gasteiger partial charge in [-0.25, -0.2) is 4.39 Å². The van der Waals surface area contributed by atoms with E-state index in [1.807, 2.05) is 0 Å². The third-order valence-electron chi connectivity index (χ3n) is 0.731. The summed E-state index contributed by atoms with van der Waals surface area (Å²) in [6, 6.07) is 0. The molecule has 0 aromatic rings. The molecule has 0 amide bonds. The molecule has 0 aliphatic heterocycles. The Morgan fingerprint density at radius 2 is 2.00 bits per heavy atom. The molecule has 0 bridgehead atoms. The Kier molecular flexibility index (Phi) is 3.65. The summed E-state index contributed by atoms with van der Waals surface area (Å²) in [6.07, 6.45) is -3.27. The molecule has 0 nitrogen and oxygen atoms in total. The fraction of sp³-hybridized carbons (Fsp3) is 0.800. The summed E-state index contributed by atoms with van der Waals surface area (Å²) in [4.78, 5) is 0. The molecule has 0 saturated heterocycles. The SMILES string of the molecule is CC(F)CC[C](F)F. The molecule has 0 spiro atoms. The number of hydrogen-bond donors (Lipinski definition) is 0. The van der Waals surface area contributed by atoms with E-state index in [4.69, 9.17) is 0 Å². The van der Waals surface area contributed by atoms with Gasteiger partial charge in [-0.3, -0.25) is 0 Å². The van der Waals surface area contributed by atoms with E-state index in [9.17, 15) is 13.2 Å². The van der Waals surface area contributed by atoms with Crippen LogP contribution in [0.3, 0.4) is 0 Å². The Hall–Kier alpha value is -0.210. The maximum atomic E-state index is 11.7. The van der Waals surface area contributed by atoms with Crippen LogP contribution in [-0.2, 0) is 0 Å². The second kappa shape index (κ2) is 3.75. The first-order valence-electron chi connectivity index (χ1n) is 2.44. The molecule has 0 N–H and O–H groups in total. The average Bonchev–Trinajstić information content (AvgIpc) is 1.61. The molecule has 0 aliphatic rings. The number of hydrogen-bond acceptors (Lipinski definition) is 0. The van der Waals surface area contributed by atoms with Crippen LogP contribution in [0.25, 0.3) is 0 Å². The molecule has 0 saturated carbocycles. The third kappa shape index (κ3) is 5.79. The lowest BCUT2D eigenvalue weighted by molar-refractivity contribution is 0.237. The maximum absolute atomic E-state index is 11.7. The molecule has 1 unspecified atom stereocenters. The zero-order chi connectivity index (χ0) is 6.57. The molecular formula is C5H8F3. The van der Waals surface area contributed by atoms with Gasteiger partial charge in [-0.15, -0.1) is 0 Å². The molecule has 0 fully saturated rings. The Morgan fingerprint density at radius 1 is 1.50 bits per heavy atom. The topological polar surface area (TPSA) is 0 Å². The van der Waals surface area contributed by atoms with Crippen molar-refractivity contribution >= 4 is 0 Å². The van der Waals surface area contributed by atoms with Crippen molar-refractivity contribution < 1.29 is 13.2 Å². The average molecular weight is 125 g/mol. The van der Waals surface area contributed by atoms with Gasteiger partial charge in [0, 0.05) is 6.42 Å². The van der Waals surface area contributed by atoms with E-state index in [1.54, 1.807) is 0 Å². The number of alkyl halides is 1. The number of rotatable bonds is 3. The molecule has 0 rings (SSSR count). The highest BCUT2D eigenvalue weighted by molar-refractivity contribution is 4.61. The normalized spacial score (nSPS) is 14.6. The van der Waals surface area contributed by atoms with Gasteiger partial charge in [-0.2, -0.15) is 8.78 Å². The first kappa shape index (κ1) is 7.79. The maximum Gasteiger partial charge on any atom is 0.310 e. The van der Waals surface area contributed by atoms with E-state index < -0.39 is 19.0 Å². The van der Waals surface area contributed by atoms with Crippen molar-refractivity contribution in [1.29, 1.82) is 0 Å². The fourth-order valence-electron chi connectivity index (χ4n) is 0.308. The van der Waals surface area contributed by atoms with Crippen LogP contribution in [0.5, 0.6) is 0 Å². The van der Waals surface area contributed by atoms with E-state index in [0.717, 1.165) is 0 Å². The molecular weight excluding hydrogens is 117 g/mol. The first-order chi connectivity index (χ1) is 3.63. The Bertz CT molecular complexity index is 43.6. The lowest BCUT2D eigenvalue weighted by Gasteiger charge is -1.96. The van der Waals surface area contributed by atoms with Crippen molar-refractivity contribution in [3.05, 3.63) is 6.43 Å². The zero-order valence-electron chi connectivity index (χ0n) is 4.63. The van der Waals surface area contributed by atoms with Crippen LogP contribution < -0.4 is 0 Å². The minimum Gasteiger partial charge on any atom is -0.248 e. The highest BCUT2D eigenvalue weighted by atomic mass is 19.3. The van der Waals surface area contributed by atoms with Crippen molar-refractivity contribution in [2.45, 2.75) is 25.9 Å². The van der Waals surface area contributed by atoms with Crippen molar-refractivity contribution in [3.8, 4) is 0 Å². The lowest BCUT2D eigenvalue weighted by Crippen LogP contribution is -1.92. The molecule has 8 heavy (non-hydrogen) atoms. The molecule has 0 heterocycles. The summed E-state index contributed by atoms with van der Waals surface area (Å²) in [6.45, 7) is 1.27. The smallest absolute Gasteiger partial charge is 0.248 e. The minimum absolute atomic E-state index is 0.0671. The minimum atomic E-state index is -1.69. The largest absolute Gasteiger partial charge is 0.310 e. The van der Waals surface area contributed by atoms with Crippen LogP contribution in [0.4, 0.5) is 13.2 Å².